The van der Waals surface area contributed by atoms with Crippen LogP contribution in [-0.4, -0.2) is 37.2 Å². The van der Waals surface area contributed by atoms with Crippen molar-refractivity contribution in [1.82, 2.24) is 0 Å². The number of allylic oxidation sites excluding steroid dienone is 10. The average Bonchev–Trinajstić information content (AvgIpc) is 3.26. The first kappa shape index (κ1) is 58.1. The summed E-state index contributed by atoms with van der Waals surface area (Å²) in [5, 5.41) is 0. The summed E-state index contributed by atoms with van der Waals surface area (Å²) in [4.78, 5) is 37.9. The third-order valence-electron chi connectivity index (χ3n) is 11.0. The van der Waals surface area contributed by atoms with E-state index in [4.69, 9.17) is 14.2 Å². The third kappa shape index (κ3) is 48.0. The van der Waals surface area contributed by atoms with Crippen molar-refractivity contribution in [3.8, 4) is 0 Å². The van der Waals surface area contributed by atoms with Crippen molar-refractivity contribution in [2.24, 2.45) is 0 Å². The molecule has 0 fully saturated rings. The number of ether oxygens (including phenoxy) is 3. The van der Waals surface area contributed by atoms with E-state index in [1.54, 1.807) is 0 Å². The first-order valence-electron chi connectivity index (χ1n) is 25.8. The standard InChI is InChI=1S/C55H96O6/c1-4-7-10-13-16-19-22-24-26-27-28-29-30-32-33-36-39-42-45-48-54(57)60-51-52(50-59-53(56)47-44-41-38-35-21-18-15-12-9-6-3)61-55(58)49-46-43-40-37-34-31-25-23-20-17-14-11-8-5-2/h7,10,12,15-16,19,24,26,28-29,52H,4-6,8-9,11,13-14,17-18,20-23,25,27,30-51H2,1-3H3/b10-7-,15-12-,19-16-,26-24-,29-28-. The van der Waals surface area contributed by atoms with E-state index in [2.05, 4.69) is 81.5 Å². The maximum Gasteiger partial charge on any atom is 0.306 e. The Hall–Kier alpha value is -2.89. The predicted octanol–water partition coefficient (Wildman–Crippen LogP) is 16.9. The normalized spacial score (nSPS) is 12.5. The number of rotatable bonds is 46. The largest absolute Gasteiger partial charge is 0.462 e. The molecule has 0 rings (SSSR count). The molecule has 0 saturated carbocycles. The van der Waals surface area contributed by atoms with Crippen LogP contribution in [0.25, 0.3) is 0 Å². The smallest absolute Gasteiger partial charge is 0.306 e. The fourth-order valence-corrected chi connectivity index (χ4v) is 7.14. The van der Waals surface area contributed by atoms with Crippen molar-refractivity contribution in [2.45, 2.75) is 258 Å². The minimum absolute atomic E-state index is 0.0817. The SMILES string of the molecule is CC/C=C\C/C=C\C/C=C\C/C=C\CCCCCCCCC(=O)OCC(COC(=O)CCCCCCC/C=C\CCC)OC(=O)CCCCCCCCCCCCCCCC. The van der Waals surface area contributed by atoms with Crippen LogP contribution in [-0.2, 0) is 28.6 Å². The van der Waals surface area contributed by atoms with Gasteiger partial charge in [-0.15, -0.1) is 0 Å². The first-order chi connectivity index (χ1) is 30.0. The maximum absolute atomic E-state index is 12.8. The van der Waals surface area contributed by atoms with Crippen LogP contribution in [0.2, 0.25) is 0 Å². The van der Waals surface area contributed by atoms with E-state index in [1.807, 2.05) is 0 Å². The number of carbonyl (C=O) groups is 3. The van der Waals surface area contributed by atoms with Gasteiger partial charge in [-0.2, -0.15) is 0 Å². The van der Waals surface area contributed by atoms with Crippen molar-refractivity contribution in [2.75, 3.05) is 13.2 Å². The van der Waals surface area contributed by atoms with Crippen LogP contribution in [0, 0.1) is 0 Å². The van der Waals surface area contributed by atoms with E-state index >= 15 is 0 Å². The molecule has 0 amide bonds. The summed E-state index contributed by atoms with van der Waals surface area (Å²) >= 11 is 0. The van der Waals surface area contributed by atoms with Crippen LogP contribution >= 0.6 is 0 Å². The summed E-state index contributed by atoms with van der Waals surface area (Å²) in [6, 6.07) is 0. The summed E-state index contributed by atoms with van der Waals surface area (Å²) in [6.07, 6.45) is 60.6. The number of carbonyl (C=O) groups excluding carboxylic acids is 3. The monoisotopic (exact) mass is 853 g/mol. The molecule has 6 heteroatoms. The molecule has 61 heavy (non-hydrogen) atoms. The lowest BCUT2D eigenvalue weighted by Gasteiger charge is -2.18. The van der Waals surface area contributed by atoms with E-state index in [0.717, 1.165) is 103 Å². The van der Waals surface area contributed by atoms with E-state index in [1.165, 1.54) is 109 Å². The summed E-state index contributed by atoms with van der Waals surface area (Å²) in [5.41, 5.74) is 0. The lowest BCUT2D eigenvalue weighted by molar-refractivity contribution is -0.167. The van der Waals surface area contributed by atoms with E-state index < -0.39 is 6.10 Å². The van der Waals surface area contributed by atoms with Crippen LogP contribution in [0.15, 0.2) is 60.8 Å². The first-order valence-corrected chi connectivity index (χ1v) is 25.8. The Bertz CT molecular complexity index is 1120. The molecule has 352 valence electrons. The van der Waals surface area contributed by atoms with Gasteiger partial charge in [0.15, 0.2) is 6.10 Å². The second-order valence-corrected chi connectivity index (χ2v) is 17.1. The summed E-state index contributed by atoms with van der Waals surface area (Å²) in [7, 11) is 0. The van der Waals surface area contributed by atoms with Crippen LogP contribution < -0.4 is 0 Å². The highest BCUT2D eigenvalue weighted by molar-refractivity contribution is 5.71. The van der Waals surface area contributed by atoms with Gasteiger partial charge in [-0.25, -0.2) is 0 Å². The lowest BCUT2D eigenvalue weighted by atomic mass is 10.0. The molecule has 0 aromatic carbocycles. The fourth-order valence-electron chi connectivity index (χ4n) is 7.14. The van der Waals surface area contributed by atoms with E-state index in [9.17, 15) is 14.4 Å². The second kappa shape index (κ2) is 49.8. The van der Waals surface area contributed by atoms with Crippen molar-refractivity contribution >= 4 is 17.9 Å². The molecule has 0 aliphatic carbocycles. The Labute approximate surface area is 377 Å². The van der Waals surface area contributed by atoms with Gasteiger partial charge >= 0.3 is 17.9 Å². The molecule has 0 saturated heterocycles. The zero-order valence-electron chi connectivity index (χ0n) is 40.2. The van der Waals surface area contributed by atoms with Gasteiger partial charge in [-0.05, 0) is 77.0 Å². The van der Waals surface area contributed by atoms with Gasteiger partial charge in [0, 0.05) is 19.3 Å². The maximum atomic E-state index is 12.8. The number of unbranched alkanes of at least 4 members (excludes halogenated alkanes) is 25. The van der Waals surface area contributed by atoms with Gasteiger partial charge in [0.1, 0.15) is 13.2 Å². The molecule has 0 aromatic rings. The molecule has 0 radical (unpaired) electrons. The molecule has 0 spiro atoms. The third-order valence-corrected chi connectivity index (χ3v) is 11.0. The van der Waals surface area contributed by atoms with Crippen LogP contribution in [0.5, 0.6) is 0 Å². The van der Waals surface area contributed by atoms with Gasteiger partial charge in [0.05, 0.1) is 0 Å². The van der Waals surface area contributed by atoms with Gasteiger partial charge in [0.25, 0.3) is 0 Å². The Morgan fingerprint density at radius 2 is 0.672 bits per heavy atom. The zero-order valence-corrected chi connectivity index (χ0v) is 40.2. The topological polar surface area (TPSA) is 78.9 Å². The van der Waals surface area contributed by atoms with Crippen LogP contribution in [0.3, 0.4) is 0 Å². The highest BCUT2D eigenvalue weighted by Gasteiger charge is 2.19. The molecule has 1 atom stereocenters. The van der Waals surface area contributed by atoms with Gasteiger partial charge in [0.2, 0.25) is 0 Å². The van der Waals surface area contributed by atoms with Crippen molar-refractivity contribution in [1.29, 1.82) is 0 Å². The average molecular weight is 853 g/mol. The van der Waals surface area contributed by atoms with Crippen LogP contribution in [0.4, 0.5) is 0 Å². The van der Waals surface area contributed by atoms with Crippen molar-refractivity contribution in [3.05, 3.63) is 60.8 Å². The Morgan fingerprint density at radius 3 is 1.08 bits per heavy atom. The molecule has 0 aliphatic heterocycles. The number of hydrogen-bond donors (Lipinski definition) is 0. The molecular formula is C55H96O6. The second-order valence-electron chi connectivity index (χ2n) is 17.1. The molecule has 6 nitrogen and oxygen atoms in total. The number of hydrogen-bond acceptors (Lipinski definition) is 6. The Balaban J connectivity index is 4.35. The molecular weight excluding hydrogens is 757 g/mol. The van der Waals surface area contributed by atoms with Gasteiger partial charge < -0.3 is 14.2 Å². The Morgan fingerprint density at radius 1 is 0.344 bits per heavy atom. The molecule has 0 aliphatic rings. The highest BCUT2D eigenvalue weighted by atomic mass is 16.6. The minimum Gasteiger partial charge on any atom is -0.462 e. The summed E-state index contributed by atoms with van der Waals surface area (Å²) in [6.45, 7) is 6.45. The van der Waals surface area contributed by atoms with E-state index in [-0.39, 0.29) is 31.1 Å². The quantitative estimate of drug-likeness (QED) is 0.0263. The van der Waals surface area contributed by atoms with Crippen molar-refractivity contribution in [3.63, 3.8) is 0 Å². The van der Waals surface area contributed by atoms with E-state index in [0.29, 0.717) is 19.3 Å². The lowest BCUT2D eigenvalue weighted by Crippen LogP contribution is -2.30. The minimum atomic E-state index is -0.780. The fraction of sp³-hybridized carbons (Fsp3) is 0.764. The molecule has 1 unspecified atom stereocenters. The summed E-state index contributed by atoms with van der Waals surface area (Å²) in [5.74, 6) is -0.901. The van der Waals surface area contributed by atoms with Crippen LogP contribution in [0.1, 0.15) is 252 Å². The molecule has 0 N–H and O–H groups in total. The molecule has 0 heterocycles. The van der Waals surface area contributed by atoms with Gasteiger partial charge in [-0.3, -0.25) is 14.4 Å². The van der Waals surface area contributed by atoms with Crippen molar-refractivity contribution < 1.29 is 28.6 Å². The zero-order chi connectivity index (χ0) is 44.4. The van der Waals surface area contributed by atoms with Gasteiger partial charge in [-0.1, -0.05) is 216 Å². The summed E-state index contributed by atoms with van der Waals surface area (Å²) < 4.78 is 16.8. The Kier molecular flexibility index (Phi) is 47.4. The highest BCUT2D eigenvalue weighted by Crippen LogP contribution is 2.15. The molecule has 0 aromatic heterocycles. The predicted molar refractivity (Wildman–Crippen MR) is 261 cm³/mol. The molecule has 0 bridgehead atoms. The number of esters is 3.